The summed E-state index contributed by atoms with van der Waals surface area (Å²) >= 11 is 2.06. The van der Waals surface area contributed by atoms with Crippen molar-refractivity contribution in [1.82, 2.24) is 19.6 Å². The highest BCUT2D eigenvalue weighted by atomic mass is 127. The summed E-state index contributed by atoms with van der Waals surface area (Å²) < 4.78 is 15.0. The van der Waals surface area contributed by atoms with Crippen molar-refractivity contribution in [3.63, 3.8) is 0 Å². The van der Waals surface area contributed by atoms with E-state index in [-0.39, 0.29) is 17.7 Å². The van der Waals surface area contributed by atoms with E-state index in [0.717, 1.165) is 5.56 Å². The van der Waals surface area contributed by atoms with Crippen LogP contribution in [0.25, 0.3) is 21.7 Å². The number of benzene rings is 1. The molecule has 6 nitrogen and oxygen atoms in total. The van der Waals surface area contributed by atoms with Gasteiger partial charge in [0.1, 0.15) is 9.39 Å². The molecule has 2 N–H and O–H groups in total. The molecule has 0 saturated heterocycles. The normalized spacial score (nSPS) is 10.7. The number of aromatic nitrogens is 4. The molecule has 2 aromatic heterocycles. The lowest BCUT2D eigenvalue weighted by Crippen LogP contribution is -2.05. The van der Waals surface area contributed by atoms with Crippen LogP contribution in [0, 0.1) is 16.0 Å². The summed E-state index contributed by atoms with van der Waals surface area (Å²) in [5.74, 6) is -0.189. The molecule has 2 heterocycles. The molecule has 0 fully saturated rings. The highest BCUT2D eigenvalue weighted by Crippen LogP contribution is 2.28. The van der Waals surface area contributed by atoms with Crippen molar-refractivity contribution in [3.05, 3.63) is 45.1 Å². The van der Waals surface area contributed by atoms with Gasteiger partial charge in [-0.2, -0.15) is 0 Å². The number of hydrogen-bond acceptors (Lipinski definition) is 4. The number of nitrogen functional groups attached to an aromatic ring is 1. The Labute approximate surface area is 126 Å². The van der Waals surface area contributed by atoms with Crippen LogP contribution in [0.3, 0.4) is 0 Å². The van der Waals surface area contributed by atoms with Crippen molar-refractivity contribution in [3.8, 4) is 11.3 Å². The van der Waals surface area contributed by atoms with Crippen LogP contribution in [0.4, 0.5) is 16.3 Å². The Morgan fingerprint density at radius 1 is 1.25 bits per heavy atom. The molecule has 1 aromatic carbocycles. The van der Waals surface area contributed by atoms with E-state index < -0.39 is 0 Å². The lowest BCUT2D eigenvalue weighted by atomic mass is 10.1. The van der Waals surface area contributed by atoms with Crippen LogP contribution in [0.1, 0.15) is 0 Å². The molecule has 20 heavy (non-hydrogen) atoms. The van der Waals surface area contributed by atoms with Gasteiger partial charge in [0.15, 0.2) is 0 Å². The second kappa shape index (κ2) is 4.68. The van der Waals surface area contributed by atoms with Gasteiger partial charge in [0.05, 0.1) is 5.69 Å². The van der Waals surface area contributed by atoms with Crippen LogP contribution in [-0.4, -0.2) is 19.6 Å². The minimum absolute atomic E-state index is 0.00710. The highest BCUT2D eigenvalue weighted by Gasteiger charge is 2.19. The number of nitrogens with zero attached hydrogens (tertiary/aromatic N) is 5. The van der Waals surface area contributed by atoms with Crippen LogP contribution < -0.4 is 5.73 Å². The van der Waals surface area contributed by atoms with Gasteiger partial charge in [-0.25, -0.2) is 9.37 Å². The van der Waals surface area contributed by atoms with E-state index in [1.54, 1.807) is 12.1 Å². The number of halogens is 2. The molecule has 3 aromatic rings. The summed E-state index contributed by atoms with van der Waals surface area (Å²) in [5, 5.41) is 3.94. The maximum atomic E-state index is 13.0. The zero-order chi connectivity index (χ0) is 14.3. The van der Waals surface area contributed by atoms with Crippen molar-refractivity contribution in [1.29, 1.82) is 0 Å². The van der Waals surface area contributed by atoms with Crippen molar-refractivity contribution < 1.29 is 4.39 Å². The Kier molecular flexibility index (Phi) is 2.98. The van der Waals surface area contributed by atoms with E-state index in [0.29, 0.717) is 14.9 Å². The van der Waals surface area contributed by atoms with Gasteiger partial charge in [-0.1, -0.05) is 0 Å². The fraction of sp³-hybridized carbons (Fsp3) is 0. The summed E-state index contributed by atoms with van der Waals surface area (Å²) in [4.78, 5) is 11.5. The van der Waals surface area contributed by atoms with Crippen molar-refractivity contribution in [2.24, 2.45) is 0 Å². The molecule has 0 radical (unpaired) electrons. The number of fused-ring (bicyclic) bond motifs is 1. The maximum Gasteiger partial charge on any atom is 0.394 e. The van der Waals surface area contributed by atoms with Crippen LogP contribution in [0.2, 0.25) is 0 Å². The van der Waals surface area contributed by atoms with E-state index in [4.69, 9.17) is 12.3 Å². The first-order valence-corrected chi connectivity index (χ1v) is 6.53. The largest absolute Gasteiger partial charge is 0.394 e. The fourth-order valence-electron chi connectivity index (χ4n) is 1.77. The Balaban J connectivity index is 2.29. The molecule has 8 heteroatoms. The molecule has 0 spiro atoms. The van der Waals surface area contributed by atoms with Crippen LogP contribution >= 0.6 is 22.6 Å². The lowest BCUT2D eigenvalue weighted by molar-refractivity contribution is 0.628. The Bertz CT molecular complexity index is 849. The minimum Gasteiger partial charge on any atom is -0.393 e. The second-order valence-corrected chi connectivity index (χ2v) is 4.98. The minimum atomic E-state index is -0.324. The number of hydrogen-bond donors (Lipinski definition) is 1. The van der Waals surface area contributed by atoms with Crippen molar-refractivity contribution in [2.45, 2.75) is 0 Å². The van der Waals surface area contributed by atoms with Gasteiger partial charge in [-0.15, -0.1) is 16.1 Å². The van der Waals surface area contributed by atoms with Crippen LogP contribution in [0.5, 0.6) is 0 Å². The molecule has 0 atom stereocenters. The molecule has 98 valence electrons. The quantitative estimate of drug-likeness (QED) is 0.521. The number of anilines is 1. The van der Waals surface area contributed by atoms with Gasteiger partial charge in [-0.05, 0) is 52.0 Å². The summed E-state index contributed by atoms with van der Waals surface area (Å²) in [5.41, 5.74) is 7.59. The standard InChI is InChI=1S/C12H6FIN6/c1-16-12-18-10-8(14)9(17-11(15)20(10)19-12)6-2-4-7(13)5-3-6/h2-5H,(H2,15,17). The van der Waals surface area contributed by atoms with Crippen LogP contribution in [0.15, 0.2) is 24.3 Å². The molecule has 0 amide bonds. The Morgan fingerprint density at radius 2 is 1.95 bits per heavy atom. The number of nitrogens with two attached hydrogens (primary N) is 1. The highest BCUT2D eigenvalue weighted by molar-refractivity contribution is 14.1. The third-order valence-corrected chi connectivity index (χ3v) is 3.65. The van der Waals surface area contributed by atoms with E-state index in [1.165, 1.54) is 16.6 Å². The van der Waals surface area contributed by atoms with Gasteiger partial charge in [0, 0.05) is 5.56 Å². The molecule has 0 unspecified atom stereocenters. The Morgan fingerprint density at radius 3 is 2.60 bits per heavy atom. The van der Waals surface area contributed by atoms with E-state index >= 15 is 0 Å². The first-order chi connectivity index (χ1) is 9.60. The molecule has 0 bridgehead atoms. The second-order valence-electron chi connectivity index (χ2n) is 3.90. The molecule has 0 aliphatic carbocycles. The lowest BCUT2D eigenvalue weighted by Gasteiger charge is -2.05. The van der Waals surface area contributed by atoms with E-state index in [1.807, 2.05) is 0 Å². The Hall–Kier alpha value is -2.28. The van der Waals surface area contributed by atoms with E-state index in [9.17, 15) is 4.39 Å². The van der Waals surface area contributed by atoms with Gasteiger partial charge in [0.2, 0.25) is 11.6 Å². The summed E-state index contributed by atoms with van der Waals surface area (Å²) in [6.07, 6.45) is 0. The summed E-state index contributed by atoms with van der Waals surface area (Å²) in [7, 11) is 0. The third kappa shape index (κ3) is 1.96. The van der Waals surface area contributed by atoms with E-state index in [2.05, 4.69) is 42.5 Å². The summed E-state index contributed by atoms with van der Waals surface area (Å²) in [6.45, 7) is 6.94. The molecule has 0 saturated carbocycles. The third-order valence-electron chi connectivity index (χ3n) is 2.66. The average molecular weight is 380 g/mol. The topological polar surface area (TPSA) is 73.5 Å². The SMILES string of the molecule is [C-]#[N+]c1nc2c(I)c(-c3ccc(F)cc3)nc(N)n2n1. The predicted molar refractivity (Wildman–Crippen MR) is 79.6 cm³/mol. The van der Waals surface area contributed by atoms with Gasteiger partial charge < -0.3 is 10.6 Å². The molecular formula is C12H6FIN6. The first-order valence-electron chi connectivity index (χ1n) is 5.45. The van der Waals surface area contributed by atoms with Gasteiger partial charge in [0.25, 0.3) is 0 Å². The summed E-state index contributed by atoms with van der Waals surface area (Å²) in [6, 6.07) is 5.92. The maximum absolute atomic E-state index is 13.0. The molecule has 3 rings (SSSR count). The van der Waals surface area contributed by atoms with Crippen molar-refractivity contribution >= 4 is 40.1 Å². The zero-order valence-corrected chi connectivity index (χ0v) is 12.0. The zero-order valence-electron chi connectivity index (χ0n) is 9.88. The predicted octanol–water partition coefficient (Wildman–Crippen LogP) is 2.67. The number of rotatable bonds is 1. The fourth-order valence-corrected chi connectivity index (χ4v) is 2.55. The van der Waals surface area contributed by atoms with Gasteiger partial charge >= 0.3 is 5.95 Å². The molecule has 0 aliphatic heterocycles. The van der Waals surface area contributed by atoms with Crippen molar-refractivity contribution in [2.75, 3.05) is 5.73 Å². The monoisotopic (exact) mass is 380 g/mol. The molecule has 0 aliphatic rings. The van der Waals surface area contributed by atoms with Crippen LogP contribution in [-0.2, 0) is 0 Å². The average Bonchev–Trinajstić information content (AvgIpc) is 2.89. The molecular weight excluding hydrogens is 374 g/mol. The first kappa shape index (κ1) is 12.7. The van der Waals surface area contributed by atoms with Gasteiger partial charge in [-0.3, -0.25) is 0 Å². The smallest absolute Gasteiger partial charge is 0.393 e.